The molecule has 0 bridgehead atoms. The van der Waals surface area contributed by atoms with Crippen molar-refractivity contribution in [1.29, 1.82) is 0 Å². The number of aliphatic hydroxyl groups is 1. The van der Waals surface area contributed by atoms with Gasteiger partial charge in [-0.1, -0.05) is 13.0 Å². The van der Waals surface area contributed by atoms with Crippen LogP contribution in [-0.2, 0) is 6.42 Å². The molecule has 1 unspecified atom stereocenters. The van der Waals surface area contributed by atoms with E-state index in [4.69, 9.17) is 4.74 Å². The lowest BCUT2D eigenvalue weighted by Crippen LogP contribution is -2.44. The van der Waals surface area contributed by atoms with E-state index >= 15 is 0 Å². The van der Waals surface area contributed by atoms with Crippen molar-refractivity contribution >= 4 is 0 Å². The van der Waals surface area contributed by atoms with Crippen LogP contribution in [-0.4, -0.2) is 24.4 Å². The molecule has 116 valence electrons. The third-order valence-corrected chi connectivity index (χ3v) is 5.31. The van der Waals surface area contributed by atoms with Crippen molar-refractivity contribution in [1.82, 2.24) is 5.32 Å². The van der Waals surface area contributed by atoms with E-state index in [1.54, 1.807) is 7.11 Å². The number of fused-ring (bicyclic) bond motifs is 1. The van der Waals surface area contributed by atoms with Crippen molar-refractivity contribution in [2.24, 2.45) is 5.92 Å². The van der Waals surface area contributed by atoms with Gasteiger partial charge in [0.25, 0.3) is 0 Å². The molecule has 3 rings (SSSR count). The van der Waals surface area contributed by atoms with Crippen LogP contribution in [0, 0.1) is 5.92 Å². The maximum atomic E-state index is 10.7. The van der Waals surface area contributed by atoms with Crippen molar-refractivity contribution in [3.05, 3.63) is 29.3 Å². The summed E-state index contributed by atoms with van der Waals surface area (Å²) in [6.07, 6.45) is 6.39. The highest BCUT2D eigenvalue weighted by Gasteiger charge is 2.33. The molecular weight excluding hydrogens is 262 g/mol. The number of hydrogen-bond acceptors (Lipinski definition) is 3. The largest absolute Gasteiger partial charge is 0.497 e. The maximum absolute atomic E-state index is 10.7. The van der Waals surface area contributed by atoms with Crippen LogP contribution in [0.15, 0.2) is 18.2 Å². The van der Waals surface area contributed by atoms with Crippen LogP contribution in [0.4, 0.5) is 0 Å². The molecule has 0 radical (unpaired) electrons. The summed E-state index contributed by atoms with van der Waals surface area (Å²) in [7, 11) is 1.71. The van der Waals surface area contributed by atoms with Gasteiger partial charge in [-0.25, -0.2) is 0 Å². The molecule has 2 aliphatic carbocycles. The molecule has 0 heterocycles. The molecule has 1 fully saturated rings. The quantitative estimate of drug-likeness (QED) is 0.894. The number of methoxy groups -OCH3 is 1. The zero-order valence-corrected chi connectivity index (χ0v) is 13.2. The highest BCUT2D eigenvalue weighted by Crippen LogP contribution is 2.36. The van der Waals surface area contributed by atoms with E-state index in [0.717, 1.165) is 50.2 Å². The fraction of sp³-hybridized carbons (Fsp3) is 0.667. The molecule has 1 aromatic rings. The Bertz CT molecular complexity index is 492. The van der Waals surface area contributed by atoms with Crippen LogP contribution in [0.25, 0.3) is 0 Å². The molecule has 2 N–H and O–H groups in total. The first-order valence-electron chi connectivity index (χ1n) is 8.22. The SMILES string of the molecule is COc1ccc2c(c1)C(NCC1(O)CCC(C)CC1)CC2. The van der Waals surface area contributed by atoms with Crippen LogP contribution in [0.1, 0.15) is 56.2 Å². The number of rotatable bonds is 4. The van der Waals surface area contributed by atoms with Crippen molar-refractivity contribution in [2.45, 2.75) is 57.1 Å². The standard InChI is InChI=1S/C18H27NO2/c1-13-7-9-18(20,10-8-13)12-19-17-6-4-14-3-5-15(21-2)11-16(14)17/h3,5,11,13,17,19-20H,4,6-10,12H2,1-2H3. The summed E-state index contributed by atoms with van der Waals surface area (Å²) in [4.78, 5) is 0. The summed E-state index contributed by atoms with van der Waals surface area (Å²) < 4.78 is 5.34. The van der Waals surface area contributed by atoms with Gasteiger partial charge in [0.1, 0.15) is 5.75 Å². The molecule has 2 aliphatic rings. The zero-order valence-electron chi connectivity index (χ0n) is 13.2. The molecule has 0 saturated heterocycles. The predicted octanol–water partition coefficient (Wildman–Crippen LogP) is 3.21. The van der Waals surface area contributed by atoms with Gasteiger partial charge in [-0.3, -0.25) is 0 Å². The number of aryl methyl sites for hydroxylation is 1. The minimum Gasteiger partial charge on any atom is -0.497 e. The van der Waals surface area contributed by atoms with E-state index in [1.807, 2.05) is 6.07 Å². The lowest BCUT2D eigenvalue weighted by atomic mass is 9.79. The Morgan fingerprint density at radius 1 is 1.29 bits per heavy atom. The molecule has 0 aliphatic heterocycles. The van der Waals surface area contributed by atoms with E-state index in [-0.39, 0.29) is 0 Å². The number of nitrogens with one attached hydrogen (secondary N) is 1. The van der Waals surface area contributed by atoms with Gasteiger partial charge < -0.3 is 15.2 Å². The van der Waals surface area contributed by atoms with Gasteiger partial charge in [-0.2, -0.15) is 0 Å². The molecule has 1 saturated carbocycles. The second-order valence-corrected chi connectivity index (χ2v) is 6.94. The monoisotopic (exact) mass is 289 g/mol. The Labute approximate surface area is 127 Å². The van der Waals surface area contributed by atoms with E-state index in [2.05, 4.69) is 24.4 Å². The minimum absolute atomic E-state index is 0.360. The Morgan fingerprint density at radius 2 is 2.05 bits per heavy atom. The Balaban J connectivity index is 1.63. The zero-order chi connectivity index (χ0) is 14.9. The molecular formula is C18H27NO2. The summed E-state index contributed by atoms with van der Waals surface area (Å²) in [6, 6.07) is 6.72. The van der Waals surface area contributed by atoms with E-state index in [1.165, 1.54) is 11.1 Å². The molecule has 0 aromatic heterocycles. The molecule has 0 spiro atoms. The van der Waals surface area contributed by atoms with Gasteiger partial charge in [0, 0.05) is 12.6 Å². The molecule has 21 heavy (non-hydrogen) atoms. The highest BCUT2D eigenvalue weighted by atomic mass is 16.5. The first-order valence-corrected chi connectivity index (χ1v) is 8.22. The first kappa shape index (κ1) is 14.9. The third-order valence-electron chi connectivity index (χ3n) is 5.31. The second-order valence-electron chi connectivity index (χ2n) is 6.94. The third kappa shape index (κ3) is 3.24. The smallest absolute Gasteiger partial charge is 0.119 e. The maximum Gasteiger partial charge on any atom is 0.119 e. The Kier molecular flexibility index (Phi) is 4.23. The minimum atomic E-state index is -0.506. The van der Waals surface area contributed by atoms with Gasteiger partial charge in [-0.15, -0.1) is 0 Å². The van der Waals surface area contributed by atoms with Crippen molar-refractivity contribution in [3.8, 4) is 5.75 Å². The van der Waals surface area contributed by atoms with E-state index in [0.29, 0.717) is 12.6 Å². The first-order chi connectivity index (χ1) is 10.1. The van der Waals surface area contributed by atoms with Gasteiger partial charge in [0.15, 0.2) is 0 Å². The van der Waals surface area contributed by atoms with Gasteiger partial charge >= 0.3 is 0 Å². The summed E-state index contributed by atoms with van der Waals surface area (Å²) in [6.45, 7) is 2.99. The van der Waals surface area contributed by atoms with Gasteiger partial charge in [-0.05, 0) is 67.7 Å². The average Bonchev–Trinajstić information content (AvgIpc) is 2.91. The second kappa shape index (κ2) is 5.98. The fourth-order valence-corrected chi connectivity index (χ4v) is 3.71. The lowest BCUT2D eigenvalue weighted by molar-refractivity contribution is -0.00818. The fourth-order valence-electron chi connectivity index (χ4n) is 3.71. The Hall–Kier alpha value is -1.06. The van der Waals surface area contributed by atoms with Crippen LogP contribution in [0.2, 0.25) is 0 Å². The van der Waals surface area contributed by atoms with Crippen molar-refractivity contribution in [3.63, 3.8) is 0 Å². The molecule has 0 amide bonds. The normalized spacial score (nSPS) is 32.0. The van der Waals surface area contributed by atoms with E-state index in [9.17, 15) is 5.11 Å². The molecule has 1 aromatic carbocycles. The summed E-state index contributed by atoms with van der Waals surface area (Å²) in [5, 5.41) is 14.3. The summed E-state index contributed by atoms with van der Waals surface area (Å²) >= 11 is 0. The van der Waals surface area contributed by atoms with Crippen LogP contribution in [0.3, 0.4) is 0 Å². The lowest BCUT2D eigenvalue weighted by Gasteiger charge is -2.36. The molecule has 3 nitrogen and oxygen atoms in total. The molecule has 1 atom stereocenters. The van der Waals surface area contributed by atoms with Crippen LogP contribution in [0.5, 0.6) is 5.75 Å². The topological polar surface area (TPSA) is 41.5 Å². The molecule has 3 heteroatoms. The van der Waals surface area contributed by atoms with E-state index < -0.39 is 5.60 Å². The van der Waals surface area contributed by atoms with Crippen molar-refractivity contribution in [2.75, 3.05) is 13.7 Å². The number of benzene rings is 1. The van der Waals surface area contributed by atoms with Gasteiger partial charge in [0.2, 0.25) is 0 Å². The van der Waals surface area contributed by atoms with Crippen molar-refractivity contribution < 1.29 is 9.84 Å². The van der Waals surface area contributed by atoms with Crippen LogP contribution < -0.4 is 10.1 Å². The summed E-state index contributed by atoms with van der Waals surface area (Å²) in [5.41, 5.74) is 2.26. The Morgan fingerprint density at radius 3 is 2.76 bits per heavy atom. The van der Waals surface area contributed by atoms with Crippen LogP contribution >= 0.6 is 0 Å². The average molecular weight is 289 g/mol. The summed E-state index contributed by atoms with van der Waals surface area (Å²) in [5.74, 6) is 1.69. The van der Waals surface area contributed by atoms with Gasteiger partial charge in [0.05, 0.1) is 12.7 Å². The highest BCUT2D eigenvalue weighted by molar-refractivity contribution is 5.40. The number of ether oxygens (including phenoxy) is 1. The number of hydrogen-bond donors (Lipinski definition) is 2. The predicted molar refractivity (Wildman–Crippen MR) is 84.6 cm³/mol.